The molecule has 160 valence electrons. The fourth-order valence-electron chi connectivity index (χ4n) is 5.05. The van der Waals surface area contributed by atoms with Crippen LogP contribution in [0.4, 0.5) is 10.1 Å². The zero-order chi connectivity index (χ0) is 22.5. The van der Waals surface area contributed by atoms with E-state index < -0.39 is 35.9 Å². The Balaban J connectivity index is 2.03. The van der Waals surface area contributed by atoms with Gasteiger partial charge in [-0.1, -0.05) is 53.6 Å². The molecule has 4 rings (SSSR count). The number of amides is 2. The van der Waals surface area contributed by atoms with Gasteiger partial charge in [-0.05, 0) is 42.3 Å². The van der Waals surface area contributed by atoms with Gasteiger partial charge in [0, 0.05) is 28.1 Å². The first-order valence-electron chi connectivity index (χ1n) is 9.66. The van der Waals surface area contributed by atoms with Gasteiger partial charge >= 0.3 is 6.04 Å². The highest BCUT2D eigenvalue weighted by Gasteiger charge is 2.63. The van der Waals surface area contributed by atoms with Crippen molar-refractivity contribution in [3.05, 3.63) is 75.8 Å². The van der Waals surface area contributed by atoms with Crippen molar-refractivity contribution in [1.82, 2.24) is 4.90 Å². The molecule has 8 heteroatoms. The van der Waals surface area contributed by atoms with Crippen LogP contribution in [-0.2, 0) is 19.8 Å². The monoisotopic (exact) mass is 460 g/mol. The Morgan fingerprint density at radius 1 is 1.23 bits per heavy atom. The molecule has 1 fully saturated rings. The van der Waals surface area contributed by atoms with Gasteiger partial charge in [-0.15, -0.1) is 0 Å². The quantitative estimate of drug-likeness (QED) is 0.533. The van der Waals surface area contributed by atoms with Gasteiger partial charge in [0.15, 0.2) is 0 Å². The summed E-state index contributed by atoms with van der Waals surface area (Å²) in [5, 5.41) is 3.77. The van der Waals surface area contributed by atoms with Crippen LogP contribution in [0.1, 0.15) is 30.4 Å². The first-order valence-corrected chi connectivity index (χ1v) is 10.4. The minimum absolute atomic E-state index is 0.104. The largest absolute Gasteiger partial charge is 0.325 e. The third-order valence-electron chi connectivity index (χ3n) is 6.06. The number of piperidine rings is 1. The minimum Gasteiger partial charge on any atom is -0.325 e. The van der Waals surface area contributed by atoms with Crippen molar-refractivity contribution in [3.63, 3.8) is 0 Å². The summed E-state index contributed by atoms with van der Waals surface area (Å²) in [7, 11) is 0. The smallest absolute Gasteiger partial charge is 0.320 e. The topological polar surface area (TPSA) is 66.5 Å². The Morgan fingerprint density at radius 3 is 2.58 bits per heavy atom. The van der Waals surface area contributed by atoms with Crippen molar-refractivity contribution < 1.29 is 18.8 Å². The van der Waals surface area contributed by atoms with Crippen molar-refractivity contribution >= 4 is 46.7 Å². The van der Waals surface area contributed by atoms with Crippen LogP contribution >= 0.6 is 23.2 Å². The fourth-order valence-corrected chi connectivity index (χ4v) is 5.42. The van der Waals surface area contributed by atoms with Gasteiger partial charge in [0.05, 0.1) is 6.04 Å². The van der Waals surface area contributed by atoms with Gasteiger partial charge in [-0.25, -0.2) is 0 Å². The molecule has 0 aromatic heterocycles. The molecular weight excluding hydrogens is 442 g/mol. The van der Waals surface area contributed by atoms with Crippen LogP contribution in [0.3, 0.4) is 0 Å². The van der Waals surface area contributed by atoms with E-state index in [1.54, 1.807) is 49.4 Å². The van der Waals surface area contributed by atoms with Gasteiger partial charge in [-0.2, -0.15) is 4.39 Å². The van der Waals surface area contributed by atoms with Crippen molar-refractivity contribution in [2.45, 2.75) is 30.7 Å². The SMILES string of the molecule is C=C(C)[C@H]1N(CC(=O)F)C(=O)C[C@@H](c2cccc(Cl)c2)[C@]12C(=O)Nc1cc(Cl)ccc12. The maximum atomic E-state index is 13.7. The van der Waals surface area contributed by atoms with E-state index in [1.165, 1.54) is 0 Å². The number of nitrogens with one attached hydrogen (secondary N) is 1. The van der Waals surface area contributed by atoms with Gasteiger partial charge in [0.1, 0.15) is 12.0 Å². The van der Waals surface area contributed by atoms with Crippen LogP contribution < -0.4 is 5.32 Å². The van der Waals surface area contributed by atoms with Gasteiger partial charge < -0.3 is 10.2 Å². The molecule has 0 radical (unpaired) electrons. The third-order valence-corrected chi connectivity index (χ3v) is 6.53. The number of nitrogens with zero attached hydrogens (tertiary/aromatic N) is 1. The molecule has 1 spiro atoms. The van der Waals surface area contributed by atoms with E-state index in [0.29, 0.717) is 32.4 Å². The maximum Gasteiger partial charge on any atom is 0.320 e. The van der Waals surface area contributed by atoms with Crippen LogP contribution in [0.25, 0.3) is 0 Å². The molecule has 3 atom stereocenters. The zero-order valence-electron chi connectivity index (χ0n) is 16.6. The Labute approximate surface area is 188 Å². The molecule has 31 heavy (non-hydrogen) atoms. The summed E-state index contributed by atoms with van der Waals surface area (Å²) in [6, 6.07) is 9.39. The number of likely N-dealkylation sites (tertiary alicyclic amines) is 1. The molecule has 5 nitrogen and oxygen atoms in total. The number of hydrogen-bond acceptors (Lipinski definition) is 3. The minimum atomic E-state index is -1.66. The predicted molar refractivity (Wildman–Crippen MR) is 117 cm³/mol. The first kappa shape index (κ1) is 21.5. The van der Waals surface area contributed by atoms with Gasteiger partial charge in [0.2, 0.25) is 11.8 Å². The van der Waals surface area contributed by atoms with Crippen LogP contribution in [-0.4, -0.2) is 35.3 Å². The number of anilines is 1. The molecule has 2 heterocycles. The predicted octanol–water partition coefficient (Wildman–Crippen LogP) is 4.64. The Bertz CT molecular complexity index is 1140. The Hall–Kier alpha value is -2.70. The molecule has 1 saturated heterocycles. The van der Waals surface area contributed by atoms with Crippen LogP contribution in [0.2, 0.25) is 10.0 Å². The molecule has 1 N–H and O–H groups in total. The highest BCUT2D eigenvalue weighted by atomic mass is 35.5. The normalized spacial score (nSPS) is 24.8. The van der Waals surface area contributed by atoms with Crippen molar-refractivity contribution in [2.75, 3.05) is 11.9 Å². The molecular formula is C23H19Cl2FN2O3. The second-order valence-corrected chi connectivity index (χ2v) is 8.82. The van der Waals surface area contributed by atoms with E-state index in [2.05, 4.69) is 11.9 Å². The second kappa shape index (κ2) is 7.77. The molecule has 0 aliphatic carbocycles. The summed E-state index contributed by atoms with van der Waals surface area (Å²) in [5.41, 5.74) is 0.940. The lowest BCUT2D eigenvalue weighted by Gasteiger charge is -2.51. The number of rotatable bonds is 4. The summed E-state index contributed by atoms with van der Waals surface area (Å²) in [5.74, 6) is -1.43. The first-order chi connectivity index (χ1) is 14.7. The third kappa shape index (κ3) is 3.34. The average molecular weight is 461 g/mol. The lowest BCUT2D eigenvalue weighted by atomic mass is 9.58. The number of carbonyl (C=O) groups excluding carboxylic acids is 3. The summed E-state index contributed by atoms with van der Waals surface area (Å²) in [6.45, 7) is 4.91. The molecule has 2 aliphatic heterocycles. The van der Waals surface area contributed by atoms with Crippen molar-refractivity contribution in [2.24, 2.45) is 0 Å². The van der Waals surface area contributed by atoms with E-state index in [1.807, 2.05) is 0 Å². The van der Waals surface area contributed by atoms with Crippen molar-refractivity contribution in [1.29, 1.82) is 0 Å². The highest BCUT2D eigenvalue weighted by molar-refractivity contribution is 6.31. The fraction of sp³-hybridized carbons (Fsp3) is 0.261. The molecule has 0 saturated carbocycles. The standard InChI is InChI=1S/C23H19Cl2FN2O3/c1-12(2)21-23(16-7-6-15(25)9-18(16)27-22(23)31)17(13-4-3-5-14(24)8-13)10-20(30)28(21)11-19(26)29/h3-9,17,21H,1,10-11H2,2H3,(H,27,31)/t17-,21+,23-/m0/s1. The zero-order valence-corrected chi connectivity index (χ0v) is 18.1. The number of benzene rings is 2. The summed E-state index contributed by atoms with van der Waals surface area (Å²) >= 11 is 12.4. The molecule has 2 aromatic carbocycles. The molecule has 2 aromatic rings. The molecule has 2 aliphatic rings. The van der Waals surface area contributed by atoms with Crippen molar-refractivity contribution in [3.8, 4) is 0 Å². The van der Waals surface area contributed by atoms with Gasteiger partial charge in [0.25, 0.3) is 0 Å². The van der Waals surface area contributed by atoms with Crippen LogP contribution in [0.5, 0.6) is 0 Å². The van der Waals surface area contributed by atoms with Crippen LogP contribution in [0, 0.1) is 0 Å². The number of hydrogen-bond donors (Lipinski definition) is 1. The Morgan fingerprint density at radius 2 is 1.94 bits per heavy atom. The maximum absolute atomic E-state index is 13.7. The molecule has 0 bridgehead atoms. The van der Waals surface area contributed by atoms with Gasteiger partial charge in [-0.3, -0.25) is 14.4 Å². The summed E-state index contributed by atoms with van der Waals surface area (Å²) in [4.78, 5) is 39.3. The molecule has 2 amide bonds. The lowest BCUT2D eigenvalue weighted by Crippen LogP contribution is -2.64. The number of carbonyl (C=O) groups is 3. The Kier molecular flexibility index (Phi) is 5.40. The van der Waals surface area contributed by atoms with E-state index in [4.69, 9.17) is 23.2 Å². The summed E-state index contributed by atoms with van der Waals surface area (Å²) < 4.78 is 13.5. The van der Waals surface area contributed by atoms with E-state index >= 15 is 0 Å². The molecule has 0 unspecified atom stereocenters. The average Bonchev–Trinajstić information content (AvgIpc) is 2.95. The highest BCUT2D eigenvalue weighted by Crippen LogP contribution is 2.56. The second-order valence-electron chi connectivity index (χ2n) is 7.95. The van der Waals surface area contributed by atoms with E-state index in [0.717, 1.165) is 4.90 Å². The van der Waals surface area contributed by atoms with E-state index in [-0.39, 0.29) is 12.3 Å². The summed E-state index contributed by atoms with van der Waals surface area (Å²) in [6.07, 6.45) is -0.104. The van der Waals surface area contributed by atoms with E-state index in [9.17, 15) is 18.8 Å². The lowest BCUT2D eigenvalue weighted by molar-refractivity contribution is -0.149. The van der Waals surface area contributed by atoms with Crippen LogP contribution in [0.15, 0.2) is 54.6 Å². The number of halogens is 3. The number of fused-ring (bicyclic) bond motifs is 2.